The van der Waals surface area contributed by atoms with E-state index in [1.165, 1.54) is 0 Å². The molecule has 0 spiro atoms. The Morgan fingerprint density at radius 3 is 3.00 bits per heavy atom. The van der Waals surface area contributed by atoms with Crippen molar-refractivity contribution in [2.45, 2.75) is 18.7 Å². The number of para-hydroxylation sites is 1. The van der Waals surface area contributed by atoms with E-state index in [9.17, 15) is 4.39 Å². The fourth-order valence-electron chi connectivity index (χ4n) is 3.47. The number of fused-ring (bicyclic) bond motifs is 2. The maximum absolute atomic E-state index is 14.2. The highest BCUT2D eigenvalue weighted by Crippen LogP contribution is 2.29. The Morgan fingerprint density at radius 1 is 1.18 bits per heavy atom. The summed E-state index contributed by atoms with van der Waals surface area (Å²) in [6.07, 6.45) is 0.905. The summed E-state index contributed by atoms with van der Waals surface area (Å²) in [4.78, 5) is 4.76. The van der Waals surface area contributed by atoms with Crippen LogP contribution >= 0.6 is 11.6 Å². The molecule has 4 aromatic rings. The average molecular weight is 398 g/mol. The summed E-state index contributed by atoms with van der Waals surface area (Å²) >= 11 is 6.03. The molecule has 0 bridgehead atoms. The summed E-state index contributed by atoms with van der Waals surface area (Å²) < 4.78 is 22.0. The fourth-order valence-corrected chi connectivity index (χ4v) is 3.63. The molecule has 1 N–H and O–H groups in total. The second kappa shape index (κ2) is 7.00. The number of pyridine rings is 2. The Bertz CT molecular complexity index is 1160. The lowest BCUT2D eigenvalue weighted by Gasteiger charge is -2.27. The second-order valence-corrected chi connectivity index (χ2v) is 7.22. The Morgan fingerprint density at radius 2 is 2.11 bits per heavy atom. The number of piperidine rings is 1. The molecule has 0 saturated carbocycles. The molecule has 5 rings (SSSR count). The molecule has 1 fully saturated rings. The fraction of sp³-hybridized carbons (Fsp3) is 0.250. The molecule has 1 unspecified atom stereocenters. The third-order valence-electron chi connectivity index (χ3n) is 4.91. The van der Waals surface area contributed by atoms with Crippen molar-refractivity contribution < 1.29 is 9.13 Å². The van der Waals surface area contributed by atoms with Crippen molar-refractivity contribution in [2.24, 2.45) is 0 Å². The van der Waals surface area contributed by atoms with Crippen molar-refractivity contribution in [3.8, 4) is 17.3 Å². The summed E-state index contributed by atoms with van der Waals surface area (Å²) in [7, 11) is 0. The lowest BCUT2D eigenvalue weighted by Crippen LogP contribution is -2.44. The number of nitrogens with one attached hydrogen (secondary N) is 1. The van der Waals surface area contributed by atoms with Crippen LogP contribution in [-0.4, -0.2) is 44.9 Å². The molecular formula is C20H17ClFN5O. The highest BCUT2D eigenvalue weighted by atomic mass is 35.5. The third kappa shape index (κ3) is 3.06. The van der Waals surface area contributed by atoms with Crippen LogP contribution in [0, 0.1) is 0 Å². The smallest absolute Gasteiger partial charge is 0.187 e. The van der Waals surface area contributed by atoms with E-state index in [1.807, 2.05) is 40.9 Å². The van der Waals surface area contributed by atoms with E-state index in [4.69, 9.17) is 21.3 Å². The maximum atomic E-state index is 14.2. The van der Waals surface area contributed by atoms with Gasteiger partial charge in [-0.1, -0.05) is 29.8 Å². The number of ether oxygens (including phenoxy) is 1. The summed E-state index contributed by atoms with van der Waals surface area (Å²) in [5, 5.41) is 13.0. The summed E-state index contributed by atoms with van der Waals surface area (Å²) in [6.45, 7) is 1.05. The quantitative estimate of drug-likeness (QED) is 0.571. The van der Waals surface area contributed by atoms with Gasteiger partial charge in [0.25, 0.3) is 0 Å². The van der Waals surface area contributed by atoms with E-state index in [1.54, 1.807) is 12.1 Å². The Kier molecular flexibility index (Phi) is 4.33. The number of nitrogens with zero attached hydrogens (tertiary/aromatic N) is 4. The molecule has 1 aromatic carbocycles. The first-order valence-corrected chi connectivity index (χ1v) is 9.49. The SMILES string of the molecule is F[C@@H]1CNCCC1Oc1cccc2ccc(-c3nnc4cc(Cl)ccn34)nc12. The van der Waals surface area contributed by atoms with Crippen LogP contribution in [0.25, 0.3) is 28.1 Å². The Labute approximate surface area is 165 Å². The first-order chi connectivity index (χ1) is 13.7. The standard InChI is InChI=1S/C20H17ClFN5O/c21-13-7-9-27-18(10-13)25-26-20(27)15-5-4-12-2-1-3-17(19(12)24-15)28-16-6-8-23-11-14(16)22/h1-5,7,9-10,14,16,23H,6,8,11H2/t14-,16?/m1/s1. The normalized spacial score (nSPS) is 19.9. The van der Waals surface area contributed by atoms with Crippen LogP contribution in [0.3, 0.4) is 0 Å². The summed E-state index contributed by atoms with van der Waals surface area (Å²) in [5.74, 6) is 1.18. The van der Waals surface area contributed by atoms with Crippen LogP contribution in [0.1, 0.15) is 6.42 Å². The predicted molar refractivity (Wildman–Crippen MR) is 106 cm³/mol. The van der Waals surface area contributed by atoms with Crippen molar-refractivity contribution >= 4 is 28.2 Å². The molecule has 1 aliphatic rings. The number of aromatic nitrogens is 4. The van der Waals surface area contributed by atoms with E-state index >= 15 is 0 Å². The van der Waals surface area contributed by atoms with Gasteiger partial charge in [-0.2, -0.15) is 0 Å². The van der Waals surface area contributed by atoms with Gasteiger partial charge in [0.1, 0.15) is 29.2 Å². The minimum atomic E-state index is -1.04. The molecule has 2 atom stereocenters. The van der Waals surface area contributed by atoms with Gasteiger partial charge in [0.2, 0.25) is 0 Å². The van der Waals surface area contributed by atoms with Crippen molar-refractivity contribution in [2.75, 3.05) is 13.1 Å². The van der Waals surface area contributed by atoms with Gasteiger partial charge in [-0.15, -0.1) is 10.2 Å². The molecule has 28 heavy (non-hydrogen) atoms. The van der Waals surface area contributed by atoms with Gasteiger partial charge >= 0.3 is 0 Å². The van der Waals surface area contributed by atoms with Gasteiger partial charge in [0.15, 0.2) is 11.5 Å². The van der Waals surface area contributed by atoms with Crippen molar-refractivity contribution in [1.82, 2.24) is 24.9 Å². The lowest BCUT2D eigenvalue weighted by atomic mass is 10.1. The highest BCUT2D eigenvalue weighted by molar-refractivity contribution is 6.30. The lowest BCUT2D eigenvalue weighted by molar-refractivity contribution is 0.0742. The number of hydrogen-bond acceptors (Lipinski definition) is 5. The molecular weight excluding hydrogens is 381 g/mol. The van der Waals surface area contributed by atoms with Gasteiger partial charge in [-0.05, 0) is 31.2 Å². The first kappa shape index (κ1) is 17.3. The maximum Gasteiger partial charge on any atom is 0.187 e. The van der Waals surface area contributed by atoms with E-state index in [-0.39, 0.29) is 0 Å². The van der Waals surface area contributed by atoms with E-state index in [2.05, 4.69) is 15.5 Å². The third-order valence-corrected chi connectivity index (χ3v) is 5.15. The van der Waals surface area contributed by atoms with Gasteiger partial charge in [0.05, 0.1) is 0 Å². The largest absolute Gasteiger partial charge is 0.485 e. The molecule has 142 valence electrons. The van der Waals surface area contributed by atoms with Gasteiger partial charge < -0.3 is 10.1 Å². The first-order valence-electron chi connectivity index (χ1n) is 9.11. The highest BCUT2D eigenvalue weighted by Gasteiger charge is 2.27. The zero-order valence-corrected chi connectivity index (χ0v) is 15.6. The predicted octanol–water partition coefficient (Wildman–Crippen LogP) is 3.68. The van der Waals surface area contributed by atoms with E-state index in [0.717, 1.165) is 11.9 Å². The molecule has 4 heterocycles. The zero-order chi connectivity index (χ0) is 19.1. The van der Waals surface area contributed by atoms with Crippen LogP contribution in [0.5, 0.6) is 5.75 Å². The molecule has 0 aliphatic carbocycles. The topological polar surface area (TPSA) is 64.3 Å². The van der Waals surface area contributed by atoms with Crippen LogP contribution < -0.4 is 10.1 Å². The molecule has 3 aromatic heterocycles. The number of hydrogen-bond donors (Lipinski definition) is 1. The molecule has 1 saturated heterocycles. The monoisotopic (exact) mass is 397 g/mol. The molecule has 6 nitrogen and oxygen atoms in total. The van der Waals surface area contributed by atoms with Gasteiger partial charge in [-0.25, -0.2) is 9.37 Å². The molecule has 8 heteroatoms. The Balaban J connectivity index is 1.58. The summed E-state index contributed by atoms with van der Waals surface area (Å²) in [5.41, 5.74) is 1.97. The molecule has 1 aliphatic heterocycles. The van der Waals surface area contributed by atoms with Crippen LogP contribution in [0.2, 0.25) is 5.02 Å². The Hall–Kier alpha value is -2.77. The minimum Gasteiger partial charge on any atom is -0.485 e. The minimum absolute atomic E-state index is 0.308. The molecule has 0 amide bonds. The number of alkyl halides is 1. The second-order valence-electron chi connectivity index (χ2n) is 6.79. The van der Waals surface area contributed by atoms with Crippen LogP contribution in [0.4, 0.5) is 4.39 Å². The van der Waals surface area contributed by atoms with Crippen LogP contribution in [-0.2, 0) is 0 Å². The summed E-state index contributed by atoms with van der Waals surface area (Å²) in [6, 6.07) is 13.0. The zero-order valence-electron chi connectivity index (χ0n) is 14.8. The van der Waals surface area contributed by atoms with Crippen LogP contribution in [0.15, 0.2) is 48.7 Å². The van der Waals surface area contributed by atoms with Gasteiger partial charge in [-0.3, -0.25) is 4.40 Å². The average Bonchev–Trinajstić information content (AvgIpc) is 3.12. The van der Waals surface area contributed by atoms with E-state index < -0.39 is 12.3 Å². The molecule has 0 radical (unpaired) electrons. The number of rotatable bonds is 3. The van der Waals surface area contributed by atoms with Crippen molar-refractivity contribution in [1.29, 1.82) is 0 Å². The van der Waals surface area contributed by atoms with Gasteiger partial charge in [0, 0.05) is 29.2 Å². The number of benzene rings is 1. The van der Waals surface area contributed by atoms with E-state index in [0.29, 0.717) is 46.4 Å². The van der Waals surface area contributed by atoms with Crippen molar-refractivity contribution in [3.05, 3.63) is 53.7 Å². The van der Waals surface area contributed by atoms with Crippen molar-refractivity contribution in [3.63, 3.8) is 0 Å². The number of halogens is 2.